The molecular weight excluding hydrogens is 309 g/mol. The lowest BCUT2D eigenvalue weighted by molar-refractivity contribution is -0.138. The predicted octanol–water partition coefficient (Wildman–Crippen LogP) is 1.48. The van der Waals surface area contributed by atoms with E-state index >= 15 is 0 Å². The molecule has 1 aromatic rings. The number of amides is 1. The fourth-order valence-corrected chi connectivity index (χ4v) is 3.72. The van der Waals surface area contributed by atoms with Gasteiger partial charge < -0.3 is 20.3 Å². The fourth-order valence-electron chi connectivity index (χ4n) is 3.72. The van der Waals surface area contributed by atoms with Crippen LogP contribution < -0.4 is 10.6 Å². The van der Waals surface area contributed by atoms with E-state index in [1.54, 1.807) is 12.1 Å². The molecule has 1 unspecified atom stereocenters. The monoisotopic (exact) mass is 335 g/mol. The van der Waals surface area contributed by atoms with Crippen LogP contribution in [-0.2, 0) is 9.53 Å². The van der Waals surface area contributed by atoms with Gasteiger partial charge in [-0.3, -0.25) is 4.79 Å². The first-order valence-corrected chi connectivity index (χ1v) is 8.76. The first kappa shape index (κ1) is 17.2. The number of halogens is 1. The highest BCUT2D eigenvalue weighted by molar-refractivity contribution is 5.79. The van der Waals surface area contributed by atoms with Crippen molar-refractivity contribution >= 4 is 11.6 Å². The molecule has 0 aliphatic carbocycles. The number of ether oxygens (including phenoxy) is 1. The molecule has 2 heterocycles. The second kappa shape index (κ2) is 7.94. The Hall–Kier alpha value is -1.66. The zero-order valence-corrected chi connectivity index (χ0v) is 14.0. The van der Waals surface area contributed by atoms with E-state index in [-0.39, 0.29) is 17.6 Å². The molecular formula is C18H26FN3O2. The zero-order chi connectivity index (χ0) is 16.9. The standard InChI is InChI=1S/C18H26FN3O2/c19-16-3-1-2-4-17(16)21-7-9-22(10-8-21)18(23)15(13-20)14-5-11-24-12-6-14/h1-4,14-15H,5-13,20H2. The number of piperazine rings is 1. The van der Waals surface area contributed by atoms with Crippen molar-refractivity contribution in [1.82, 2.24) is 4.90 Å². The van der Waals surface area contributed by atoms with Crippen LogP contribution in [0, 0.1) is 17.7 Å². The number of carbonyl (C=O) groups excluding carboxylic acids is 1. The number of hydrogen-bond donors (Lipinski definition) is 1. The van der Waals surface area contributed by atoms with Gasteiger partial charge in [0, 0.05) is 45.9 Å². The summed E-state index contributed by atoms with van der Waals surface area (Å²) in [5.41, 5.74) is 6.52. The quantitative estimate of drug-likeness (QED) is 0.905. The van der Waals surface area contributed by atoms with Crippen LogP contribution in [-0.4, -0.2) is 56.7 Å². The van der Waals surface area contributed by atoms with Gasteiger partial charge in [0.2, 0.25) is 5.91 Å². The number of nitrogens with zero attached hydrogens (tertiary/aromatic N) is 2. The SMILES string of the molecule is NCC(C(=O)N1CCN(c2ccccc2F)CC1)C1CCOCC1. The molecule has 132 valence electrons. The van der Waals surface area contributed by atoms with E-state index in [9.17, 15) is 9.18 Å². The summed E-state index contributed by atoms with van der Waals surface area (Å²) in [5.74, 6) is 0.145. The highest BCUT2D eigenvalue weighted by Gasteiger charge is 2.33. The Bertz CT molecular complexity index is 555. The summed E-state index contributed by atoms with van der Waals surface area (Å²) >= 11 is 0. The molecule has 1 aromatic carbocycles. The van der Waals surface area contributed by atoms with Gasteiger partial charge in [-0.05, 0) is 30.9 Å². The van der Waals surface area contributed by atoms with E-state index in [1.807, 2.05) is 15.9 Å². The topological polar surface area (TPSA) is 58.8 Å². The average Bonchev–Trinajstić information content (AvgIpc) is 2.64. The summed E-state index contributed by atoms with van der Waals surface area (Å²) in [4.78, 5) is 16.7. The molecule has 0 spiro atoms. The molecule has 2 aliphatic heterocycles. The van der Waals surface area contributed by atoms with Crippen molar-refractivity contribution in [2.75, 3.05) is 50.8 Å². The smallest absolute Gasteiger partial charge is 0.227 e. The summed E-state index contributed by atoms with van der Waals surface area (Å²) in [6, 6.07) is 6.80. The maximum absolute atomic E-state index is 13.9. The van der Waals surface area contributed by atoms with E-state index < -0.39 is 0 Å². The predicted molar refractivity (Wildman–Crippen MR) is 91.3 cm³/mol. The molecule has 24 heavy (non-hydrogen) atoms. The molecule has 1 atom stereocenters. The number of hydrogen-bond acceptors (Lipinski definition) is 4. The Kier molecular flexibility index (Phi) is 5.68. The molecule has 2 saturated heterocycles. The van der Waals surface area contributed by atoms with Crippen molar-refractivity contribution in [3.05, 3.63) is 30.1 Å². The fraction of sp³-hybridized carbons (Fsp3) is 0.611. The van der Waals surface area contributed by atoms with Crippen LogP contribution in [0.4, 0.5) is 10.1 Å². The highest BCUT2D eigenvalue weighted by Crippen LogP contribution is 2.26. The summed E-state index contributed by atoms with van der Waals surface area (Å²) in [5, 5.41) is 0. The lowest BCUT2D eigenvalue weighted by Crippen LogP contribution is -2.52. The number of nitrogens with two attached hydrogens (primary N) is 1. The highest BCUT2D eigenvalue weighted by atomic mass is 19.1. The number of rotatable bonds is 4. The third-order valence-corrected chi connectivity index (χ3v) is 5.19. The molecule has 6 heteroatoms. The summed E-state index contributed by atoms with van der Waals surface area (Å²) < 4.78 is 19.3. The van der Waals surface area contributed by atoms with Gasteiger partial charge in [0.05, 0.1) is 11.6 Å². The van der Waals surface area contributed by atoms with Gasteiger partial charge in [0.1, 0.15) is 5.82 Å². The minimum atomic E-state index is -0.209. The minimum absolute atomic E-state index is 0.117. The Labute approximate surface area is 142 Å². The molecule has 2 N–H and O–H groups in total. The van der Waals surface area contributed by atoms with E-state index in [0.29, 0.717) is 44.3 Å². The molecule has 2 aliphatic rings. The normalized spacial score (nSPS) is 20.9. The maximum atomic E-state index is 13.9. The second-order valence-electron chi connectivity index (χ2n) is 6.56. The van der Waals surface area contributed by atoms with E-state index in [2.05, 4.69) is 0 Å². The molecule has 0 saturated carbocycles. The summed E-state index contributed by atoms with van der Waals surface area (Å²) in [7, 11) is 0. The number of carbonyl (C=O) groups is 1. The first-order valence-electron chi connectivity index (χ1n) is 8.76. The van der Waals surface area contributed by atoms with Crippen LogP contribution in [0.3, 0.4) is 0 Å². The minimum Gasteiger partial charge on any atom is -0.381 e. The maximum Gasteiger partial charge on any atom is 0.227 e. The number of anilines is 1. The largest absolute Gasteiger partial charge is 0.381 e. The Morgan fingerprint density at radius 2 is 1.88 bits per heavy atom. The van der Waals surface area contributed by atoms with E-state index in [0.717, 1.165) is 26.1 Å². The van der Waals surface area contributed by atoms with Crippen LogP contribution in [0.2, 0.25) is 0 Å². The molecule has 2 fully saturated rings. The molecule has 0 aromatic heterocycles. The van der Waals surface area contributed by atoms with Crippen LogP contribution in [0.25, 0.3) is 0 Å². The van der Waals surface area contributed by atoms with Crippen molar-refractivity contribution in [1.29, 1.82) is 0 Å². The lowest BCUT2D eigenvalue weighted by Gasteiger charge is -2.39. The Balaban J connectivity index is 1.59. The van der Waals surface area contributed by atoms with Crippen LogP contribution in [0.5, 0.6) is 0 Å². The Morgan fingerprint density at radius 3 is 2.50 bits per heavy atom. The molecule has 3 rings (SSSR count). The van der Waals surface area contributed by atoms with Crippen molar-refractivity contribution in [3.63, 3.8) is 0 Å². The van der Waals surface area contributed by atoms with Crippen molar-refractivity contribution in [2.24, 2.45) is 17.6 Å². The summed E-state index contributed by atoms with van der Waals surface area (Å²) in [6.07, 6.45) is 1.81. The van der Waals surface area contributed by atoms with Gasteiger partial charge in [-0.25, -0.2) is 4.39 Å². The third kappa shape index (κ3) is 3.70. The third-order valence-electron chi connectivity index (χ3n) is 5.19. The second-order valence-corrected chi connectivity index (χ2v) is 6.56. The van der Waals surface area contributed by atoms with Crippen molar-refractivity contribution in [3.8, 4) is 0 Å². The van der Waals surface area contributed by atoms with Crippen molar-refractivity contribution < 1.29 is 13.9 Å². The Morgan fingerprint density at radius 1 is 1.21 bits per heavy atom. The number of para-hydroxylation sites is 1. The molecule has 0 radical (unpaired) electrons. The lowest BCUT2D eigenvalue weighted by atomic mass is 9.85. The van der Waals surface area contributed by atoms with E-state index in [1.165, 1.54) is 6.07 Å². The summed E-state index contributed by atoms with van der Waals surface area (Å²) in [6.45, 7) is 4.36. The molecule has 0 bridgehead atoms. The van der Waals surface area contributed by atoms with E-state index in [4.69, 9.17) is 10.5 Å². The van der Waals surface area contributed by atoms with Gasteiger partial charge >= 0.3 is 0 Å². The number of benzene rings is 1. The van der Waals surface area contributed by atoms with Crippen molar-refractivity contribution in [2.45, 2.75) is 12.8 Å². The van der Waals surface area contributed by atoms with Crippen LogP contribution in [0.1, 0.15) is 12.8 Å². The van der Waals surface area contributed by atoms with Crippen LogP contribution in [0.15, 0.2) is 24.3 Å². The zero-order valence-electron chi connectivity index (χ0n) is 14.0. The van der Waals surface area contributed by atoms with Gasteiger partial charge in [-0.15, -0.1) is 0 Å². The van der Waals surface area contributed by atoms with Gasteiger partial charge in [-0.1, -0.05) is 12.1 Å². The average molecular weight is 335 g/mol. The molecule has 5 nitrogen and oxygen atoms in total. The molecule has 1 amide bonds. The van der Waals surface area contributed by atoms with Gasteiger partial charge in [0.25, 0.3) is 0 Å². The van der Waals surface area contributed by atoms with Gasteiger partial charge in [0.15, 0.2) is 0 Å². The first-order chi connectivity index (χ1) is 11.7. The van der Waals surface area contributed by atoms with Crippen LogP contribution >= 0.6 is 0 Å². The van der Waals surface area contributed by atoms with Gasteiger partial charge in [-0.2, -0.15) is 0 Å².